The molecule has 2 rings (SSSR count). The average Bonchev–Trinajstić information content (AvgIpc) is 2.51. The van der Waals surface area contributed by atoms with Crippen LogP contribution >= 0.6 is 0 Å². The van der Waals surface area contributed by atoms with Gasteiger partial charge in [-0.3, -0.25) is 0 Å². The minimum absolute atomic E-state index is 0.753. The zero-order valence-corrected chi connectivity index (χ0v) is 12.0. The molecule has 0 bridgehead atoms. The van der Waals surface area contributed by atoms with E-state index < -0.39 is 0 Å². The molecule has 0 atom stereocenters. The van der Waals surface area contributed by atoms with E-state index in [1.807, 2.05) is 30.3 Å². The Kier molecular flexibility index (Phi) is 5.90. The number of unbranched alkanes of at least 4 members (excludes halogenated alkanes) is 2. The Labute approximate surface area is 121 Å². The van der Waals surface area contributed by atoms with Gasteiger partial charge in [0.15, 0.2) is 0 Å². The average molecular weight is 270 g/mol. The molecule has 1 aromatic heterocycles. The fraction of sp³-hybridized carbons (Fsp3) is 0.353. The zero-order valence-electron chi connectivity index (χ0n) is 12.0. The molecule has 0 aliphatic rings. The van der Waals surface area contributed by atoms with Crippen LogP contribution in [0, 0.1) is 0 Å². The first-order valence-electron chi connectivity index (χ1n) is 7.25. The minimum Gasteiger partial charge on any atom is -0.494 e. The van der Waals surface area contributed by atoms with Crippen molar-refractivity contribution in [2.75, 3.05) is 11.9 Å². The third kappa shape index (κ3) is 4.92. The van der Waals surface area contributed by atoms with Crippen molar-refractivity contribution in [3.8, 4) is 5.75 Å². The number of rotatable bonds is 8. The molecule has 1 aromatic carbocycles. The summed E-state index contributed by atoms with van der Waals surface area (Å²) in [7, 11) is 0. The predicted octanol–water partition coefficient (Wildman–Crippen LogP) is 4.26. The lowest BCUT2D eigenvalue weighted by atomic mass is 10.2. The Balaban J connectivity index is 1.83. The molecule has 0 saturated carbocycles. The van der Waals surface area contributed by atoms with Gasteiger partial charge in [-0.05, 0) is 36.2 Å². The highest BCUT2D eigenvalue weighted by molar-refractivity contribution is 5.36. The molecule has 0 aliphatic heterocycles. The summed E-state index contributed by atoms with van der Waals surface area (Å²) < 4.78 is 5.76. The van der Waals surface area contributed by atoms with Gasteiger partial charge in [0, 0.05) is 12.7 Å². The summed E-state index contributed by atoms with van der Waals surface area (Å²) in [6.45, 7) is 3.75. The topological polar surface area (TPSA) is 34.1 Å². The lowest BCUT2D eigenvalue weighted by Crippen LogP contribution is -2.02. The van der Waals surface area contributed by atoms with Gasteiger partial charge in [0.2, 0.25) is 0 Å². The quantitative estimate of drug-likeness (QED) is 0.728. The standard InChI is InChI=1S/C17H22N2O/c1-2-3-6-12-20-16-9-7-8-15(13-16)14-19-17-10-4-5-11-18-17/h4-5,7-11,13H,2-3,6,12,14H2,1H3,(H,18,19). The van der Waals surface area contributed by atoms with Crippen molar-refractivity contribution in [1.82, 2.24) is 4.98 Å². The maximum absolute atomic E-state index is 5.76. The van der Waals surface area contributed by atoms with Crippen LogP contribution in [0.2, 0.25) is 0 Å². The van der Waals surface area contributed by atoms with Gasteiger partial charge < -0.3 is 10.1 Å². The zero-order chi connectivity index (χ0) is 14.0. The highest BCUT2D eigenvalue weighted by Crippen LogP contribution is 2.15. The maximum atomic E-state index is 5.76. The summed E-state index contributed by atoms with van der Waals surface area (Å²) >= 11 is 0. The second-order valence-corrected chi connectivity index (χ2v) is 4.77. The van der Waals surface area contributed by atoms with Gasteiger partial charge >= 0.3 is 0 Å². The number of ether oxygens (including phenoxy) is 1. The van der Waals surface area contributed by atoms with E-state index in [-0.39, 0.29) is 0 Å². The predicted molar refractivity (Wildman–Crippen MR) is 83.0 cm³/mol. The lowest BCUT2D eigenvalue weighted by Gasteiger charge is -2.09. The third-order valence-electron chi connectivity index (χ3n) is 3.05. The molecule has 0 unspecified atom stereocenters. The first-order valence-corrected chi connectivity index (χ1v) is 7.25. The van der Waals surface area contributed by atoms with Crippen molar-refractivity contribution in [2.24, 2.45) is 0 Å². The molecule has 20 heavy (non-hydrogen) atoms. The van der Waals surface area contributed by atoms with Gasteiger partial charge in [0.25, 0.3) is 0 Å². The summed E-state index contributed by atoms with van der Waals surface area (Å²) in [6, 6.07) is 14.1. The van der Waals surface area contributed by atoms with Crippen LogP contribution in [0.4, 0.5) is 5.82 Å². The summed E-state index contributed by atoms with van der Waals surface area (Å²) in [5.74, 6) is 1.84. The van der Waals surface area contributed by atoms with Crippen LogP contribution in [-0.4, -0.2) is 11.6 Å². The Morgan fingerprint density at radius 2 is 2.05 bits per heavy atom. The van der Waals surface area contributed by atoms with Gasteiger partial charge in [0.05, 0.1) is 6.61 Å². The monoisotopic (exact) mass is 270 g/mol. The number of benzene rings is 1. The van der Waals surface area contributed by atoms with E-state index in [1.165, 1.54) is 18.4 Å². The number of nitrogens with one attached hydrogen (secondary N) is 1. The second-order valence-electron chi connectivity index (χ2n) is 4.77. The maximum Gasteiger partial charge on any atom is 0.126 e. The van der Waals surface area contributed by atoms with E-state index in [4.69, 9.17) is 4.74 Å². The molecule has 1 N–H and O–H groups in total. The van der Waals surface area contributed by atoms with Crippen molar-refractivity contribution in [3.05, 3.63) is 54.2 Å². The molecule has 0 amide bonds. The number of hydrogen-bond acceptors (Lipinski definition) is 3. The molecule has 0 aliphatic carbocycles. The van der Waals surface area contributed by atoms with Crippen molar-refractivity contribution >= 4 is 5.82 Å². The van der Waals surface area contributed by atoms with Crippen LogP contribution in [0.1, 0.15) is 31.7 Å². The fourth-order valence-corrected chi connectivity index (χ4v) is 1.95. The lowest BCUT2D eigenvalue weighted by molar-refractivity contribution is 0.306. The van der Waals surface area contributed by atoms with Crippen LogP contribution in [0.3, 0.4) is 0 Å². The molecular weight excluding hydrogens is 248 g/mol. The van der Waals surface area contributed by atoms with Crippen LogP contribution in [-0.2, 0) is 6.54 Å². The number of hydrogen-bond donors (Lipinski definition) is 1. The van der Waals surface area contributed by atoms with Crippen LogP contribution < -0.4 is 10.1 Å². The smallest absolute Gasteiger partial charge is 0.126 e. The molecule has 0 spiro atoms. The summed E-state index contributed by atoms with van der Waals surface area (Å²) in [4.78, 5) is 4.24. The van der Waals surface area contributed by atoms with Crippen LogP contribution in [0.15, 0.2) is 48.7 Å². The Morgan fingerprint density at radius 1 is 1.10 bits per heavy atom. The number of anilines is 1. The molecule has 1 heterocycles. The highest BCUT2D eigenvalue weighted by atomic mass is 16.5. The molecule has 0 fully saturated rings. The first kappa shape index (κ1) is 14.4. The van der Waals surface area contributed by atoms with Gasteiger partial charge in [-0.2, -0.15) is 0 Å². The van der Waals surface area contributed by atoms with E-state index in [9.17, 15) is 0 Å². The van der Waals surface area contributed by atoms with Crippen LogP contribution in [0.25, 0.3) is 0 Å². The minimum atomic E-state index is 0.753. The van der Waals surface area contributed by atoms with Crippen molar-refractivity contribution in [3.63, 3.8) is 0 Å². The molecule has 2 aromatic rings. The highest BCUT2D eigenvalue weighted by Gasteiger charge is 1.98. The fourth-order valence-electron chi connectivity index (χ4n) is 1.95. The van der Waals surface area contributed by atoms with Crippen molar-refractivity contribution in [1.29, 1.82) is 0 Å². The van der Waals surface area contributed by atoms with Crippen LogP contribution in [0.5, 0.6) is 5.75 Å². The van der Waals surface area contributed by atoms with Gasteiger partial charge in [-0.1, -0.05) is 38.0 Å². The summed E-state index contributed by atoms with van der Waals surface area (Å²) in [5, 5.41) is 3.30. The largest absolute Gasteiger partial charge is 0.494 e. The number of nitrogens with zero attached hydrogens (tertiary/aromatic N) is 1. The van der Waals surface area contributed by atoms with E-state index in [0.717, 1.165) is 31.1 Å². The van der Waals surface area contributed by atoms with Crippen molar-refractivity contribution in [2.45, 2.75) is 32.7 Å². The molecule has 3 nitrogen and oxygen atoms in total. The van der Waals surface area contributed by atoms with Crippen molar-refractivity contribution < 1.29 is 4.74 Å². The van der Waals surface area contributed by atoms with E-state index in [2.05, 4.69) is 29.4 Å². The van der Waals surface area contributed by atoms with E-state index in [1.54, 1.807) is 6.20 Å². The van der Waals surface area contributed by atoms with E-state index in [0.29, 0.717) is 0 Å². The van der Waals surface area contributed by atoms with E-state index >= 15 is 0 Å². The van der Waals surface area contributed by atoms with Gasteiger partial charge in [-0.25, -0.2) is 4.98 Å². The summed E-state index contributed by atoms with van der Waals surface area (Å²) in [5.41, 5.74) is 1.20. The number of aromatic nitrogens is 1. The normalized spacial score (nSPS) is 10.2. The first-order chi connectivity index (χ1) is 9.88. The molecule has 0 radical (unpaired) electrons. The SMILES string of the molecule is CCCCCOc1cccc(CNc2ccccn2)c1. The molecule has 106 valence electrons. The molecule has 0 saturated heterocycles. The second kappa shape index (κ2) is 8.20. The van der Waals surface area contributed by atoms with Gasteiger partial charge in [-0.15, -0.1) is 0 Å². The Hall–Kier alpha value is -2.03. The Morgan fingerprint density at radius 3 is 2.85 bits per heavy atom. The molecule has 3 heteroatoms. The Bertz CT molecular complexity index is 499. The summed E-state index contributed by atoms with van der Waals surface area (Å²) in [6.07, 6.45) is 5.35. The molecular formula is C17H22N2O. The number of pyridine rings is 1. The third-order valence-corrected chi connectivity index (χ3v) is 3.05. The van der Waals surface area contributed by atoms with Gasteiger partial charge in [0.1, 0.15) is 11.6 Å².